The highest BCUT2D eigenvalue weighted by Gasteiger charge is 1.86. The maximum Gasteiger partial charge on any atom is 0.126 e. The molecule has 0 N–H and O–H groups in total. The third-order valence-electron chi connectivity index (χ3n) is 0.711. The minimum Gasteiger partial charge on any atom is -0.303 e. The lowest BCUT2D eigenvalue weighted by Gasteiger charge is -1.86. The van der Waals surface area contributed by atoms with Gasteiger partial charge in [-0.15, -0.1) is 0 Å². The minimum atomic E-state index is 0.0880. The molecule has 0 saturated heterocycles. The van der Waals surface area contributed by atoms with Gasteiger partial charge in [-0.05, 0) is 6.92 Å². The Kier molecular flexibility index (Phi) is 3.29. The molecule has 40 valence electrons. The van der Waals surface area contributed by atoms with Crippen molar-refractivity contribution in [2.75, 3.05) is 0 Å². The second-order valence-corrected chi connectivity index (χ2v) is 1.52. The topological polar surface area (TPSA) is 17.1 Å². The molecule has 0 fully saturated rings. The van der Waals surface area contributed by atoms with Gasteiger partial charge in [0.15, 0.2) is 0 Å². The van der Waals surface area contributed by atoms with Crippen molar-refractivity contribution in [3.63, 3.8) is 0 Å². The predicted octanol–water partition coefficient (Wildman–Crippen LogP) is 1.40. The fourth-order valence-corrected chi connectivity index (χ4v) is 0.349. The van der Waals surface area contributed by atoms with Crippen LogP contribution in [0.5, 0.6) is 0 Å². The Morgan fingerprint density at radius 3 is 2.29 bits per heavy atom. The maximum absolute atomic E-state index is 9.84. The second kappa shape index (κ2) is 3.59. The molecule has 7 heavy (non-hydrogen) atoms. The minimum absolute atomic E-state index is 0.0880. The number of hydrogen-bond donors (Lipinski definition) is 0. The van der Waals surface area contributed by atoms with Crippen LogP contribution in [0.4, 0.5) is 0 Å². The molecule has 0 aliphatic heterocycles. The molecule has 1 heteroatoms. The summed E-state index contributed by atoms with van der Waals surface area (Å²) in [6, 6.07) is 0. The Bertz CT molecular complexity index is 74.2. The molecular weight excluding hydrogens is 88.1 g/mol. The first-order valence-corrected chi connectivity index (χ1v) is 2.39. The SMILES string of the molecule is C/C=C/[C@H](C)C=O. The molecule has 0 saturated carbocycles. The van der Waals surface area contributed by atoms with Crippen molar-refractivity contribution in [2.24, 2.45) is 5.92 Å². The highest BCUT2D eigenvalue weighted by Crippen LogP contribution is 1.88. The van der Waals surface area contributed by atoms with Gasteiger partial charge in [-0.3, -0.25) is 0 Å². The van der Waals surface area contributed by atoms with Crippen molar-refractivity contribution < 1.29 is 4.79 Å². The molecule has 0 amide bonds. The molecule has 0 aliphatic rings. The van der Waals surface area contributed by atoms with Gasteiger partial charge in [-0.1, -0.05) is 19.1 Å². The fourth-order valence-electron chi connectivity index (χ4n) is 0.349. The van der Waals surface area contributed by atoms with Crippen molar-refractivity contribution in [3.8, 4) is 0 Å². The van der Waals surface area contributed by atoms with Crippen LogP contribution in [0.2, 0.25) is 0 Å². The summed E-state index contributed by atoms with van der Waals surface area (Å²) in [5.41, 5.74) is 0. The lowest BCUT2D eigenvalue weighted by atomic mass is 10.2. The summed E-state index contributed by atoms with van der Waals surface area (Å²) in [5, 5.41) is 0. The standard InChI is InChI=1S/C6H10O/c1-3-4-6(2)5-7/h3-6H,1-2H3/b4-3+/t6-/m0/s1. The molecule has 0 bridgehead atoms. The molecule has 1 nitrogen and oxygen atoms in total. The smallest absolute Gasteiger partial charge is 0.126 e. The number of allylic oxidation sites excluding steroid dienone is 2. The molecule has 0 radical (unpaired) electrons. The summed E-state index contributed by atoms with van der Waals surface area (Å²) < 4.78 is 0. The summed E-state index contributed by atoms with van der Waals surface area (Å²) in [5.74, 6) is 0.0880. The van der Waals surface area contributed by atoms with Crippen LogP contribution in [0.3, 0.4) is 0 Å². The zero-order valence-corrected chi connectivity index (χ0v) is 4.72. The van der Waals surface area contributed by atoms with E-state index in [0.29, 0.717) is 0 Å². The van der Waals surface area contributed by atoms with Gasteiger partial charge in [0.05, 0.1) is 0 Å². The summed E-state index contributed by atoms with van der Waals surface area (Å²) in [4.78, 5) is 9.84. The maximum atomic E-state index is 9.84. The van der Waals surface area contributed by atoms with E-state index >= 15 is 0 Å². The van der Waals surface area contributed by atoms with E-state index < -0.39 is 0 Å². The van der Waals surface area contributed by atoms with Crippen molar-refractivity contribution in [3.05, 3.63) is 12.2 Å². The molecule has 0 aromatic rings. The van der Waals surface area contributed by atoms with E-state index in [0.717, 1.165) is 6.29 Å². The van der Waals surface area contributed by atoms with E-state index in [1.54, 1.807) is 0 Å². The summed E-state index contributed by atoms with van der Waals surface area (Å²) in [7, 11) is 0. The lowest BCUT2D eigenvalue weighted by molar-refractivity contribution is -0.109. The first-order valence-electron chi connectivity index (χ1n) is 2.39. The molecule has 0 spiro atoms. The van der Waals surface area contributed by atoms with Gasteiger partial charge in [-0.2, -0.15) is 0 Å². The average Bonchev–Trinajstić information content (AvgIpc) is 1.68. The molecule has 0 heterocycles. The average molecular weight is 98.1 g/mol. The van der Waals surface area contributed by atoms with Crippen LogP contribution in [0.15, 0.2) is 12.2 Å². The monoisotopic (exact) mass is 98.1 g/mol. The van der Waals surface area contributed by atoms with Crippen molar-refractivity contribution in [2.45, 2.75) is 13.8 Å². The normalized spacial score (nSPS) is 14.6. The summed E-state index contributed by atoms with van der Waals surface area (Å²) in [6.45, 7) is 3.76. The van der Waals surface area contributed by atoms with Crippen molar-refractivity contribution in [1.29, 1.82) is 0 Å². The van der Waals surface area contributed by atoms with Crippen LogP contribution in [0, 0.1) is 5.92 Å². The van der Waals surface area contributed by atoms with Gasteiger partial charge in [0.25, 0.3) is 0 Å². The van der Waals surface area contributed by atoms with E-state index in [4.69, 9.17) is 0 Å². The van der Waals surface area contributed by atoms with E-state index in [-0.39, 0.29) is 5.92 Å². The fraction of sp³-hybridized carbons (Fsp3) is 0.500. The Morgan fingerprint density at radius 1 is 1.57 bits per heavy atom. The molecular formula is C6H10O. The Hall–Kier alpha value is -0.590. The first kappa shape index (κ1) is 6.41. The molecule has 0 aromatic heterocycles. The number of aldehydes is 1. The lowest BCUT2D eigenvalue weighted by Crippen LogP contribution is -1.86. The van der Waals surface area contributed by atoms with E-state index in [2.05, 4.69) is 0 Å². The molecule has 0 unspecified atom stereocenters. The van der Waals surface area contributed by atoms with E-state index in [1.807, 2.05) is 26.0 Å². The van der Waals surface area contributed by atoms with Gasteiger partial charge in [0.2, 0.25) is 0 Å². The van der Waals surface area contributed by atoms with Crippen LogP contribution in [-0.2, 0) is 4.79 Å². The second-order valence-electron chi connectivity index (χ2n) is 1.52. The molecule has 0 rings (SSSR count). The Morgan fingerprint density at radius 2 is 2.14 bits per heavy atom. The van der Waals surface area contributed by atoms with Crippen molar-refractivity contribution >= 4 is 6.29 Å². The van der Waals surface area contributed by atoms with Crippen LogP contribution >= 0.6 is 0 Å². The zero-order chi connectivity index (χ0) is 5.70. The van der Waals surface area contributed by atoms with Gasteiger partial charge in [0, 0.05) is 5.92 Å². The quantitative estimate of drug-likeness (QED) is 0.377. The van der Waals surface area contributed by atoms with E-state index in [9.17, 15) is 4.79 Å². The summed E-state index contributed by atoms with van der Waals surface area (Å²) in [6.07, 6.45) is 4.64. The number of carbonyl (C=O) groups excluding carboxylic acids is 1. The number of rotatable bonds is 2. The van der Waals surface area contributed by atoms with Crippen LogP contribution < -0.4 is 0 Å². The number of carbonyl (C=O) groups is 1. The van der Waals surface area contributed by atoms with Crippen molar-refractivity contribution in [1.82, 2.24) is 0 Å². The van der Waals surface area contributed by atoms with Gasteiger partial charge in [-0.25, -0.2) is 0 Å². The molecule has 0 aliphatic carbocycles. The van der Waals surface area contributed by atoms with Gasteiger partial charge < -0.3 is 4.79 Å². The molecule has 1 atom stereocenters. The van der Waals surface area contributed by atoms with Crippen LogP contribution in [0.1, 0.15) is 13.8 Å². The summed E-state index contributed by atoms with van der Waals surface area (Å²) >= 11 is 0. The zero-order valence-electron chi connectivity index (χ0n) is 4.72. The van der Waals surface area contributed by atoms with Crippen LogP contribution in [0.25, 0.3) is 0 Å². The van der Waals surface area contributed by atoms with Gasteiger partial charge in [0.1, 0.15) is 6.29 Å². The predicted molar refractivity (Wildman–Crippen MR) is 30.0 cm³/mol. The largest absolute Gasteiger partial charge is 0.303 e. The Balaban J connectivity index is 3.35. The van der Waals surface area contributed by atoms with Crippen LogP contribution in [-0.4, -0.2) is 6.29 Å². The third-order valence-corrected chi connectivity index (χ3v) is 0.711. The first-order chi connectivity index (χ1) is 3.31. The molecule has 0 aromatic carbocycles. The van der Waals surface area contributed by atoms with E-state index in [1.165, 1.54) is 0 Å². The third kappa shape index (κ3) is 3.23. The highest BCUT2D eigenvalue weighted by molar-refractivity contribution is 5.55. The number of hydrogen-bond acceptors (Lipinski definition) is 1. The van der Waals surface area contributed by atoms with Gasteiger partial charge >= 0.3 is 0 Å². The highest BCUT2D eigenvalue weighted by atomic mass is 16.1. The Labute approximate surface area is 44.0 Å².